The predicted molar refractivity (Wildman–Crippen MR) is 72.5 cm³/mol. The number of benzene rings is 1. The number of aryl methyl sites for hydroxylation is 1. The fraction of sp³-hybridized carbons (Fsp3) is 0.500. The van der Waals surface area contributed by atoms with E-state index < -0.39 is 0 Å². The van der Waals surface area contributed by atoms with Crippen molar-refractivity contribution in [1.29, 1.82) is 0 Å². The molecule has 0 saturated carbocycles. The van der Waals surface area contributed by atoms with Gasteiger partial charge in [-0.2, -0.15) is 0 Å². The monoisotopic (exact) mass is 231 g/mol. The molecular formula is C14H21N3. The van der Waals surface area contributed by atoms with E-state index in [1.807, 2.05) is 14.1 Å². The minimum absolute atomic E-state index is 0.640. The van der Waals surface area contributed by atoms with Crippen LogP contribution in [0.4, 0.5) is 0 Å². The fourth-order valence-corrected chi connectivity index (χ4v) is 2.66. The third-order valence-corrected chi connectivity index (χ3v) is 3.55. The van der Waals surface area contributed by atoms with Crippen LogP contribution >= 0.6 is 0 Å². The molecule has 0 aromatic heterocycles. The van der Waals surface area contributed by atoms with Crippen molar-refractivity contribution in [3.05, 3.63) is 35.4 Å². The lowest BCUT2D eigenvalue weighted by Crippen LogP contribution is -2.37. The highest BCUT2D eigenvalue weighted by Crippen LogP contribution is 2.29. The number of hydrogen-bond donors (Lipinski definition) is 1. The van der Waals surface area contributed by atoms with Crippen LogP contribution in [-0.2, 0) is 0 Å². The Balaban J connectivity index is 2.11. The van der Waals surface area contributed by atoms with E-state index in [9.17, 15) is 0 Å². The van der Waals surface area contributed by atoms with Crippen LogP contribution < -0.4 is 5.32 Å². The molecule has 3 heteroatoms. The maximum absolute atomic E-state index is 4.27. The molecule has 1 aromatic rings. The van der Waals surface area contributed by atoms with Crippen LogP contribution in [0.5, 0.6) is 0 Å². The first-order valence-electron chi connectivity index (χ1n) is 6.21. The van der Waals surface area contributed by atoms with Gasteiger partial charge in [0, 0.05) is 33.1 Å². The second kappa shape index (κ2) is 5.21. The normalized spacial score (nSPS) is 20.8. The summed E-state index contributed by atoms with van der Waals surface area (Å²) in [6.07, 6.45) is 1.21. The molecule has 17 heavy (non-hydrogen) atoms. The summed E-state index contributed by atoms with van der Waals surface area (Å²) >= 11 is 0. The van der Waals surface area contributed by atoms with Crippen molar-refractivity contribution in [1.82, 2.24) is 10.2 Å². The van der Waals surface area contributed by atoms with E-state index in [1.54, 1.807) is 0 Å². The zero-order chi connectivity index (χ0) is 12.3. The average Bonchev–Trinajstić information content (AvgIpc) is 2.81. The summed E-state index contributed by atoms with van der Waals surface area (Å²) in [6.45, 7) is 4.36. The molecule has 1 aliphatic heterocycles. The summed E-state index contributed by atoms with van der Waals surface area (Å²) in [5.74, 6) is 1.64. The third-order valence-electron chi connectivity index (χ3n) is 3.55. The Morgan fingerprint density at radius 2 is 2.18 bits per heavy atom. The smallest absolute Gasteiger partial charge is 0.193 e. The SMILES string of the molecule is CN=C(NC)N1CCC(c2ccccc2C)C1. The van der Waals surface area contributed by atoms with E-state index in [2.05, 4.69) is 46.4 Å². The molecule has 1 fully saturated rings. The minimum atomic E-state index is 0.640. The molecule has 3 nitrogen and oxygen atoms in total. The van der Waals surface area contributed by atoms with Gasteiger partial charge in [0.15, 0.2) is 5.96 Å². The zero-order valence-electron chi connectivity index (χ0n) is 10.9. The Morgan fingerprint density at radius 1 is 1.41 bits per heavy atom. The highest BCUT2D eigenvalue weighted by Gasteiger charge is 2.26. The van der Waals surface area contributed by atoms with Crippen molar-refractivity contribution in [3.8, 4) is 0 Å². The highest BCUT2D eigenvalue weighted by atomic mass is 15.3. The molecule has 1 saturated heterocycles. The van der Waals surface area contributed by atoms with Crippen LogP contribution in [0.25, 0.3) is 0 Å². The molecule has 1 aliphatic rings. The average molecular weight is 231 g/mol. The van der Waals surface area contributed by atoms with Gasteiger partial charge in [-0.05, 0) is 24.5 Å². The number of rotatable bonds is 1. The van der Waals surface area contributed by atoms with Crippen LogP contribution in [0.2, 0.25) is 0 Å². The van der Waals surface area contributed by atoms with Gasteiger partial charge in [0.05, 0.1) is 0 Å². The van der Waals surface area contributed by atoms with Gasteiger partial charge in [0.1, 0.15) is 0 Å². The van der Waals surface area contributed by atoms with Crippen molar-refractivity contribution >= 4 is 5.96 Å². The Hall–Kier alpha value is -1.51. The molecule has 1 N–H and O–H groups in total. The Labute approximate surface area is 104 Å². The first kappa shape index (κ1) is 12.0. The Bertz CT molecular complexity index is 412. The van der Waals surface area contributed by atoms with Gasteiger partial charge in [-0.3, -0.25) is 4.99 Å². The van der Waals surface area contributed by atoms with Crippen molar-refractivity contribution in [3.63, 3.8) is 0 Å². The van der Waals surface area contributed by atoms with Gasteiger partial charge in [-0.1, -0.05) is 24.3 Å². The van der Waals surface area contributed by atoms with E-state index in [0.29, 0.717) is 5.92 Å². The molecule has 0 radical (unpaired) electrons. The Kier molecular flexibility index (Phi) is 3.67. The number of aliphatic imine (C=N–C) groups is 1. The molecule has 92 valence electrons. The van der Waals surface area contributed by atoms with Crippen molar-refractivity contribution in [2.45, 2.75) is 19.3 Å². The van der Waals surface area contributed by atoms with E-state index in [0.717, 1.165) is 19.0 Å². The lowest BCUT2D eigenvalue weighted by Gasteiger charge is -2.20. The van der Waals surface area contributed by atoms with Crippen LogP contribution in [0.1, 0.15) is 23.5 Å². The van der Waals surface area contributed by atoms with Gasteiger partial charge < -0.3 is 10.2 Å². The van der Waals surface area contributed by atoms with Gasteiger partial charge in [-0.15, -0.1) is 0 Å². The second-order valence-corrected chi connectivity index (χ2v) is 4.59. The maximum Gasteiger partial charge on any atom is 0.193 e. The van der Waals surface area contributed by atoms with E-state index >= 15 is 0 Å². The number of likely N-dealkylation sites (tertiary alicyclic amines) is 1. The Morgan fingerprint density at radius 3 is 2.82 bits per heavy atom. The first-order valence-corrected chi connectivity index (χ1v) is 6.21. The molecule has 0 aliphatic carbocycles. The van der Waals surface area contributed by atoms with Gasteiger partial charge in [0.2, 0.25) is 0 Å². The molecule has 2 rings (SSSR count). The largest absolute Gasteiger partial charge is 0.359 e. The van der Waals surface area contributed by atoms with Gasteiger partial charge in [0.25, 0.3) is 0 Å². The quantitative estimate of drug-likeness (QED) is 0.591. The molecule has 1 aromatic carbocycles. The summed E-state index contributed by atoms with van der Waals surface area (Å²) in [5.41, 5.74) is 2.89. The summed E-state index contributed by atoms with van der Waals surface area (Å²) in [5, 5.41) is 3.16. The topological polar surface area (TPSA) is 27.6 Å². The van der Waals surface area contributed by atoms with Crippen molar-refractivity contribution in [2.24, 2.45) is 4.99 Å². The van der Waals surface area contributed by atoms with Crippen LogP contribution in [-0.4, -0.2) is 38.0 Å². The minimum Gasteiger partial charge on any atom is -0.359 e. The van der Waals surface area contributed by atoms with E-state index in [-0.39, 0.29) is 0 Å². The zero-order valence-corrected chi connectivity index (χ0v) is 10.9. The third kappa shape index (κ3) is 2.43. The lowest BCUT2D eigenvalue weighted by molar-refractivity contribution is 0.492. The van der Waals surface area contributed by atoms with Crippen LogP contribution in [0, 0.1) is 6.92 Å². The standard InChI is InChI=1S/C14H21N3/c1-11-6-4-5-7-13(11)12-8-9-17(10-12)14(15-2)16-3/h4-7,12H,8-10H2,1-3H3,(H,15,16). The summed E-state index contributed by atoms with van der Waals surface area (Å²) in [4.78, 5) is 6.60. The first-order chi connectivity index (χ1) is 8.26. The van der Waals surface area contributed by atoms with Crippen molar-refractivity contribution < 1.29 is 0 Å². The summed E-state index contributed by atoms with van der Waals surface area (Å²) in [6, 6.07) is 8.70. The molecule has 1 atom stereocenters. The van der Waals surface area contributed by atoms with Crippen LogP contribution in [0.15, 0.2) is 29.3 Å². The molecule has 1 unspecified atom stereocenters. The highest BCUT2D eigenvalue weighted by molar-refractivity contribution is 5.79. The maximum atomic E-state index is 4.27. The fourth-order valence-electron chi connectivity index (χ4n) is 2.66. The molecule has 0 spiro atoms. The number of hydrogen-bond acceptors (Lipinski definition) is 1. The summed E-state index contributed by atoms with van der Waals surface area (Å²) < 4.78 is 0. The summed E-state index contributed by atoms with van der Waals surface area (Å²) in [7, 11) is 3.77. The second-order valence-electron chi connectivity index (χ2n) is 4.59. The van der Waals surface area contributed by atoms with Gasteiger partial charge >= 0.3 is 0 Å². The molecule has 0 amide bonds. The van der Waals surface area contributed by atoms with Gasteiger partial charge in [-0.25, -0.2) is 0 Å². The predicted octanol–water partition coefficient (Wildman–Crippen LogP) is 1.99. The van der Waals surface area contributed by atoms with E-state index in [1.165, 1.54) is 17.5 Å². The van der Waals surface area contributed by atoms with Crippen molar-refractivity contribution in [2.75, 3.05) is 27.2 Å². The molecular weight excluding hydrogens is 210 g/mol. The van der Waals surface area contributed by atoms with E-state index in [4.69, 9.17) is 0 Å². The lowest BCUT2D eigenvalue weighted by atomic mass is 9.94. The van der Waals surface area contributed by atoms with Crippen LogP contribution in [0.3, 0.4) is 0 Å². The molecule has 0 bridgehead atoms. The number of nitrogens with one attached hydrogen (secondary N) is 1. The number of guanidine groups is 1. The number of nitrogens with zero attached hydrogens (tertiary/aromatic N) is 2. The molecule has 1 heterocycles.